The van der Waals surface area contributed by atoms with Gasteiger partial charge in [0.25, 0.3) is 0 Å². The normalized spacial score (nSPS) is 29.8. The Bertz CT molecular complexity index is 624. The second-order valence-electron chi connectivity index (χ2n) is 5.68. The molecule has 0 unspecified atom stereocenters. The van der Waals surface area contributed by atoms with Crippen LogP contribution in [0.5, 0.6) is 0 Å². The zero-order chi connectivity index (χ0) is 21.8. The van der Waals surface area contributed by atoms with E-state index in [9.17, 15) is 18.8 Å². The van der Waals surface area contributed by atoms with E-state index in [1.165, 1.54) is 0 Å². The summed E-state index contributed by atoms with van der Waals surface area (Å²) >= 11 is 0. The summed E-state index contributed by atoms with van der Waals surface area (Å²) < 4.78 is 56.9. The number of hydrogen-bond acceptors (Lipinski definition) is 9. The molecule has 18 heteroatoms. The van der Waals surface area contributed by atoms with Gasteiger partial charge in [0.1, 0.15) is 24.4 Å². The summed E-state index contributed by atoms with van der Waals surface area (Å²) in [6.45, 7) is 1.59. The number of phosphoric acid groups is 3. The van der Waals surface area contributed by atoms with Crippen LogP contribution in [0.25, 0.3) is 0 Å². The number of unbranched alkanes of at least 4 members (excludes halogenated alkanes) is 1. The van der Waals surface area contributed by atoms with E-state index in [1.807, 2.05) is 6.92 Å². The molecule has 1 aliphatic heterocycles. The van der Waals surface area contributed by atoms with E-state index in [0.29, 0.717) is 6.42 Å². The molecule has 0 aromatic heterocycles. The maximum Gasteiger partial charge on any atom is 0.470 e. The summed E-state index contributed by atoms with van der Waals surface area (Å²) in [4.78, 5) is 54.2. The lowest BCUT2D eigenvalue weighted by Crippen LogP contribution is -2.60. The number of aliphatic hydroxyl groups is 1. The number of hydrogen-bond donors (Lipinski definition) is 7. The Kier molecular flexibility index (Phi) is 9.83. The van der Waals surface area contributed by atoms with Gasteiger partial charge in [0.15, 0.2) is 6.29 Å². The zero-order valence-corrected chi connectivity index (χ0v) is 17.1. The number of ether oxygens (including phenoxy) is 2. The fraction of sp³-hybridized carbons (Fsp3) is 1.00. The van der Waals surface area contributed by atoms with E-state index in [4.69, 9.17) is 38.8 Å². The van der Waals surface area contributed by atoms with Crippen LogP contribution in [0.3, 0.4) is 0 Å². The van der Waals surface area contributed by atoms with E-state index in [-0.39, 0.29) is 6.61 Å². The van der Waals surface area contributed by atoms with Gasteiger partial charge in [-0.1, -0.05) is 13.3 Å². The van der Waals surface area contributed by atoms with Crippen LogP contribution in [0.1, 0.15) is 19.8 Å². The van der Waals surface area contributed by atoms with E-state index in [0.717, 1.165) is 6.42 Å². The average Bonchev–Trinajstić information content (AvgIpc) is 2.47. The molecule has 0 aliphatic carbocycles. The third-order valence-corrected chi connectivity index (χ3v) is 4.86. The summed E-state index contributed by atoms with van der Waals surface area (Å²) in [7, 11) is -16.1. The predicted molar refractivity (Wildman–Crippen MR) is 87.4 cm³/mol. The van der Waals surface area contributed by atoms with E-state index in [2.05, 4.69) is 13.6 Å². The van der Waals surface area contributed by atoms with E-state index in [1.54, 1.807) is 0 Å². The highest BCUT2D eigenvalue weighted by Crippen LogP contribution is 2.49. The Morgan fingerprint density at radius 3 is 1.75 bits per heavy atom. The second-order valence-corrected chi connectivity index (χ2v) is 9.25. The molecular weight excluding hydrogens is 453 g/mol. The van der Waals surface area contributed by atoms with E-state index >= 15 is 0 Å². The summed E-state index contributed by atoms with van der Waals surface area (Å²) in [6, 6.07) is 0. The minimum Gasteiger partial charge on any atom is -0.379 e. The molecule has 168 valence electrons. The van der Waals surface area contributed by atoms with Crippen molar-refractivity contribution in [2.24, 2.45) is 0 Å². The first-order valence-corrected chi connectivity index (χ1v) is 12.3. The summed E-state index contributed by atoms with van der Waals surface area (Å²) in [6.07, 6.45) is -8.94. The molecule has 28 heavy (non-hydrogen) atoms. The molecule has 0 spiro atoms. The lowest BCUT2D eigenvalue weighted by molar-refractivity contribution is -0.279. The SMILES string of the molecule is CCCCOC[C@H]1O[C@H](O)[C@@H](OP(=O)(O)O)[C@H](OP(=O)(O)O)[C@@H]1OP(=O)(O)O. The topological polar surface area (TPSA) is 239 Å². The molecule has 1 heterocycles. The Hall–Kier alpha value is 0.210. The Morgan fingerprint density at radius 1 is 0.821 bits per heavy atom. The molecule has 1 saturated heterocycles. The monoisotopic (exact) mass is 476 g/mol. The van der Waals surface area contributed by atoms with Crippen LogP contribution in [-0.4, -0.2) is 78.4 Å². The van der Waals surface area contributed by atoms with Crippen molar-refractivity contribution in [3.8, 4) is 0 Å². The van der Waals surface area contributed by atoms with E-state index < -0.39 is 60.8 Å². The van der Waals surface area contributed by atoms with Gasteiger partial charge in [-0.2, -0.15) is 0 Å². The summed E-state index contributed by atoms with van der Waals surface area (Å²) in [5, 5.41) is 9.96. The van der Waals surface area contributed by atoms with Crippen molar-refractivity contribution in [2.75, 3.05) is 13.2 Å². The molecular formula is C10H23O15P3. The van der Waals surface area contributed by atoms with Gasteiger partial charge in [0.2, 0.25) is 0 Å². The van der Waals surface area contributed by atoms with Crippen molar-refractivity contribution in [1.82, 2.24) is 0 Å². The molecule has 7 N–H and O–H groups in total. The summed E-state index contributed by atoms with van der Waals surface area (Å²) in [5.41, 5.74) is 0. The third-order valence-electron chi connectivity index (χ3n) is 3.31. The maximum atomic E-state index is 11.3. The molecule has 1 rings (SSSR count). The van der Waals surface area contributed by atoms with Gasteiger partial charge < -0.3 is 43.9 Å². The van der Waals surface area contributed by atoms with Crippen molar-refractivity contribution in [3.63, 3.8) is 0 Å². The van der Waals surface area contributed by atoms with Crippen LogP contribution in [0, 0.1) is 0 Å². The molecule has 0 amide bonds. The largest absolute Gasteiger partial charge is 0.470 e. The fourth-order valence-electron chi connectivity index (χ4n) is 2.31. The Labute approximate surface area is 159 Å². The first-order valence-electron chi connectivity index (χ1n) is 7.76. The van der Waals surface area contributed by atoms with Gasteiger partial charge in [-0.05, 0) is 6.42 Å². The molecule has 1 aliphatic rings. The van der Waals surface area contributed by atoms with Crippen LogP contribution in [-0.2, 0) is 36.7 Å². The number of rotatable bonds is 11. The van der Waals surface area contributed by atoms with Crippen LogP contribution in [0.4, 0.5) is 0 Å². The van der Waals surface area contributed by atoms with Gasteiger partial charge in [-0.3, -0.25) is 13.6 Å². The van der Waals surface area contributed by atoms with Crippen molar-refractivity contribution < 1.29 is 71.2 Å². The molecule has 1 fully saturated rings. The van der Waals surface area contributed by atoms with Gasteiger partial charge in [-0.15, -0.1) is 0 Å². The predicted octanol–water partition coefficient (Wildman–Crippen LogP) is -1.05. The lowest BCUT2D eigenvalue weighted by atomic mass is 9.99. The molecule has 0 radical (unpaired) electrons. The molecule has 0 bridgehead atoms. The minimum absolute atomic E-state index is 0.182. The standard InChI is InChI=1S/C10H23O15P3/c1-2-3-4-21-5-6-7(23-26(12,13)14)8(24-27(15,16)17)9(10(11)22-6)25-28(18,19)20/h6-11H,2-5H2,1H3,(H2,12,13,14)(H2,15,16,17)(H2,18,19,20)/t6-,7-,8-,9+,10+/m1/s1. The lowest BCUT2D eigenvalue weighted by Gasteiger charge is -2.43. The van der Waals surface area contributed by atoms with Crippen molar-refractivity contribution in [1.29, 1.82) is 0 Å². The van der Waals surface area contributed by atoms with Crippen LogP contribution < -0.4 is 0 Å². The second kappa shape index (κ2) is 10.5. The smallest absolute Gasteiger partial charge is 0.379 e. The highest BCUT2D eigenvalue weighted by atomic mass is 31.2. The van der Waals surface area contributed by atoms with Gasteiger partial charge in [0, 0.05) is 6.61 Å². The molecule has 0 saturated carbocycles. The number of aliphatic hydroxyl groups excluding tert-OH is 1. The summed E-state index contributed by atoms with van der Waals surface area (Å²) in [5.74, 6) is 0. The highest BCUT2D eigenvalue weighted by Gasteiger charge is 2.53. The van der Waals surface area contributed by atoms with Crippen LogP contribution in [0.15, 0.2) is 0 Å². The van der Waals surface area contributed by atoms with Crippen LogP contribution in [0.2, 0.25) is 0 Å². The highest BCUT2D eigenvalue weighted by molar-refractivity contribution is 7.47. The van der Waals surface area contributed by atoms with Crippen LogP contribution >= 0.6 is 23.5 Å². The molecule has 15 nitrogen and oxygen atoms in total. The zero-order valence-electron chi connectivity index (χ0n) is 14.5. The average molecular weight is 476 g/mol. The fourth-order valence-corrected chi connectivity index (χ4v) is 3.98. The minimum atomic E-state index is -5.40. The Balaban J connectivity index is 3.21. The molecule has 0 aromatic rings. The Morgan fingerprint density at radius 2 is 1.29 bits per heavy atom. The maximum absolute atomic E-state index is 11.3. The molecule has 0 aromatic carbocycles. The number of phosphoric ester groups is 3. The quantitative estimate of drug-likeness (QED) is 0.139. The van der Waals surface area contributed by atoms with Gasteiger partial charge in [-0.25, -0.2) is 13.7 Å². The third kappa shape index (κ3) is 9.81. The first kappa shape index (κ1) is 26.2. The van der Waals surface area contributed by atoms with Gasteiger partial charge >= 0.3 is 23.5 Å². The van der Waals surface area contributed by atoms with Crippen molar-refractivity contribution >= 4 is 23.5 Å². The first-order chi connectivity index (χ1) is 12.6. The van der Waals surface area contributed by atoms with Crippen molar-refractivity contribution in [2.45, 2.75) is 50.5 Å². The molecule has 5 atom stereocenters. The van der Waals surface area contributed by atoms with Crippen molar-refractivity contribution in [3.05, 3.63) is 0 Å². The van der Waals surface area contributed by atoms with Gasteiger partial charge in [0.05, 0.1) is 6.61 Å².